The van der Waals surface area contributed by atoms with Crippen molar-refractivity contribution in [1.29, 1.82) is 0 Å². The van der Waals surface area contributed by atoms with Gasteiger partial charge in [-0.05, 0) is 25.3 Å². The summed E-state index contributed by atoms with van der Waals surface area (Å²) in [6.45, 7) is 1.88. The normalized spacial score (nSPS) is 15.6. The fourth-order valence-corrected chi connectivity index (χ4v) is 2.79. The molecule has 0 spiro atoms. The van der Waals surface area contributed by atoms with E-state index >= 15 is 0 Å². The Labute approximate surface area is 163 Å². The second-order valence-corrected chi connectivity index (χ2v) is 6.19. The third-order valence-corrected chi connectivity index (χ3v) is 4.15. The molecule has 152 valence electrons. The first kappa shape index (κ1) is 21.2. The molecule has 9 heteroatoms. The number of esters is 1. The van der Waals surface area contributed by atoms with Gasteiger partial charge in [-0.1, -0.05) is 30.3 Å². The zero-order valence-corrected chi connectivity index (χ0v) is 15.8. The zero-order chi connectivity index (χ0) is 20.4. The van der Waals surface area contributed by atoms with Gasteiger partial charge in [0.25, 0.3) is 0 Å². The topological polar surface area (TPSA) is 114 Å². The minimum Gasteiger partial charge on any atom is -0.465 e. The number of nitrogens with one attached hydrogen (secondary N) is 2. The average Bonchev–Trinajstić information content (AvgIpc) is 3.20. The van der Waals surface area contributed by atoms with Crippen LogP contribution in [0.15, 0.2) is 30.3 Å². The lowest BCUT2D eigenvalue weighted by Gasteiger charge is -2.23. The Morgan fingerprint density at radius 1 is 1.07 bits per heavy atom. The molecular weight excluding hydrogens is 366 g/mol. The molecule has 1 aliphatic rings. The molecule has 0 radical (unpaired) electrons. The van der Waals surface area contributed by atoms with Crippen LogP contribution in [-0.2, 0) is 30.5 Å². The molecule has 0 aliphatic carbocycles. The van der Waals surface area contributed by atoms with Crippen molar-refractivity contribution in [3.63, 3.8) is 0 Å². The minimum atomic E-state index is -0.680. The van der Waals surface area contributed by atoms with Crippen LogP contribution in [0, 0.1) is 0 Å². The Kier molecular flexibility index (Phi) is 8.26. The molecule has 9 nitrogen and oxygen atoms in total. The van der Waals surface area contributed by atoms with Gasteiger partial charge in [0, 0.05) is 6.54 Å². The van der Waals surface area contributed by atoms with Crippen molar-refractivity contribution in [3.05, 3.63) is 35.9 Å². The highest BCUT2D eigenvalue weighted by Crippen LogP contribution is 2.19. The van der Waals surface area contributed by atoms with E-state index in [4.69, 9.17) is 9.47 Å². The maximum atomic E-state index is 12.3. The summed E-state index contributed by atoms with van der Waals surface area (Å²) in [6.07, 6.45) is 0.609. The maximum Gasteiger partial charge on any atom is 0.410 e. The van der Waals surface area contributed by atoms with Gasteiger partial charge < -0.3 is 20.1 Å². The van der Waals surface area contributed by atoms with Crippen LogP contribution in [0.5, 0.6) is 0 Å². The second kappa shape index (κ2) is 10.9. The number of likely N-dealkylation sites (tertiary alicyclic amines) is 1. The number of carbonyl (C=O) groups is 4. The molecule has 3 amide bonds. The lowest BCUT2D eigenvalue weighted by atomic mass is 10.2. The molecule has 0 bridgehead atoms. The van der Waals surface area contributed by atoms with Gasteiger partial charge in [-0.2, -0.15) is 0 Å². The minimum absolute atomic E-state index is 0.126. The number of benzene rings is 1. The molecule has 1 aromatic rings. The third kappa shape index (κ3) is 6.57. The van der Waals surface area contributed by atoms with E-state index in [9.17, 15) is 19.2 Å². The molecule has 1 aromatic carbocycles. The zero-order valence-electron chi connectivity index (χ0n) is 15.8. The number of carbonyl (C=O) groups excluding carboxylic acids is 4. The summed E-state index contributed by atoms with van der Waals surface area (Å²) in [5.41, 5.74) is 0.856. The predicted octanol–water partition coefficient (Wildman–Crippen LogP) is 0.583. The Balaban J connectivity index is 1.76. The fourth-order valence-electron chi connectivity index (χ4n) is 2.79. The number of nitrogens with zero attached hydrogens (tertiary/aromatic N) is 1. The van der Waals surface area contributed by atoms with Crippen LogP contribution >= 0.6 is 0 Å². The molecule has 0 unspecified atom stereocenters. The van der Waals surface area contributed by atoms with Crippen LogP contribution in [0.4, 0.5) is 4.79 Å². The molecule has 28 heavy (non-hydrogen) atoms. The predicted molar refractivity (Wildman–Crippen MR) is 99.0 cm³/mol. The van der Waals surface area contributed by atoms with Gasteiger partial charge in [-0.15, -0.1) is 0 Å². The maximum absolute atomic E-state index is 12.3. The average molecular weight is 391 g/mol. The van der Waals surface area contributed by atoms with E-state index in [1.807, 2.05) is 30.3 Å². The smallest absolute Gasteiger partial charge is 0.410 e. The number of hydrogen-bond acceptors (Lipinski definition) is 6. The van der Waals surface area contributed by atoms with Crippen molar-refractivity contribution >= 4 is 23.9 Å². The highest BCUT2D eigenvalue weighted by Gasteiger charge is 2.35. The molecule has 1 fully saturated rings. The first-order valence-electron chi connectivity index (χ1n) is 9.18. The third-order valence-electron chi connectivity index (χ3n) is 4.15. The van der Waals surface area contributed by atoms with Crippen molar-refractivity contribution in [2.75, 3.05) is 26.2 Å². The van der Waals surface area contributed by atoms with Gasteiger partial charge in [0.1, 0.15) is 19.2 Å². The molecule has 2 N–H and O–H groups in total. The van der Waals surface area contributed by atoms with E-state index in [2.05, 4.69) is 10.6 Å². The number of rotatable bonds is 8. The molecule has 1 aliphatic heterocycles. The van der Waals surface area contributed by atoms with E-state index in [0.717, 1.165) is 5.56 Å². The lowest BCUT2D eigenvalue weighted by Crippen LogP contribution is -2.48. The van der Waals surface area contributed by atoms with Crippen LogP contribution in [0.1, 0.15) is 25.3 Å². The van der Waals surface area contributed by atoms with Crippen LogP contribution in [0.25, 0.3) is 0 Å². The highest BCUT2D eigenvalue weighted by molar-refractivity contribution is 5.90. The van der Waals surface area contributed by atoms with E-state index in [0.29, 0.717) is 19.4 Å². The van der Waals surface area contributed by atoms with Crippen LogP contribution in [-0.4, -0.2) is 61.1 Å². The van der Waals surface area contributed by atoms with Gasteiger partial charge in [-0.25, -0.2) is 4.79 Å². The monoisotopic (exact) mass is 391 g/mol. The van der Waals surface area contributed by atoms with Gasteiger partial charge in [0.05, 0.1) is 13.2 Å². The standard InChI is InChI=1S/C19H25N3O6/c1-2-27-17(24)12-20-16(23)11-21-18(25)15-9-6-10-22(15)19(26)28-13-14-7-4-3-5-8-14/h3-5,7-8,15H,2,6,9-13H2,1H3,(H,20,23)(H,21,25)/t15-/m0/s1. The van der Waals surface area contributed by atoms with E-state index < -0.39 is 29.9 Å². The SMILES string of the molecule is CCOC(=O)CNC(=O)CNC(=O)[C@@H]1CCCN1C(=O)OCc1ccccc1. The molecule has 1 saturated heterocycles. The van der Waals surface area contributed by atoms with Crippen LogP contribution in [0.3, 0.4) is 0 Å². The Morgan fingerprint density at radius 3 is 2.54 bits per heavy atom. The van der Waals surface area contributed by atoms with Crippen LogP contribution < -0.4 is 10.6 Å². The van der Waals surface area contributed by atoms with Crippen molar-refractivity contribution in [2.45, 2.75) is 32.4 Å². The van der Waals surface area contributed by atoms with Crippen molar-refractivity contribution in [2.24, 2.45) is 0 Å². The summed E-state index contributed by atoms with van der Waals surface area (Å²) in [6, 6.07) is 8.58. The van der Waals surface area contributed by atoms with Gasteiger partial charge in [-0.3, -0.25) is 19.3 Å². The van der Waals surface area contributed by atoms with Crippen LogP contribution in [0.2, 0.25) is 0 Å². The Bertz CT molecular complexity index is 694. The molecule has 1 heterocycles. The van der Waals surface area contributed by atoms with Crippen molar-refractivity contribution < 1.29 is 28.7 Å². The summed E-state index contributed by atoms with van der Waals surface area (Å²) in [4.78, 5) is 48.9. The summed E-state index contributed by atoms with van der Waals surface area (Å²) in [7, 11) is 0. The number of hydrogen-bond donors (Lipinski definition) is 2. The summed E-state index contributed by atoms with van der Waals surface area (Å²) < 4.78 is 9.98. The van der Waals surface area contributed by atoms with E-state index in [1.165, 1.54) is 4.90 Å². The fraction of sp³-hybridized carbons (Fsp3) is 0.474. The molecule has 0 aromatic heterocycles. The number of ether oxygens (including phenoxy) is 2. The van der Waals surface area contributed by atoms with Gasteiger partial charge in [0.2, 0.25) is 11.8 Å². The number of amides is 3. The second-order valence-electron chi connectivity index (χ2n) is 6.19. The Hall–Kier alpha value is -3.10. The highest BCUT2D eigenvalue weighted by atomic mass is 16.6. The van der Waals surface area contributed by atoms with Crippen molar-refractivity contribution in [3.8, 4) is 0 Å². The quantitative estimate of drug-likeness (QED) is 0.627. The summed E-state index contributed by atoms with van der Waals surface area (Å²) >= 11 is 0. The molecule has 1 atom stereocenters. The summed E-state index contributed by atoms with van der Waals surface area (Å²) in [5.74, 6) is -1.50. The lowest BCUT2D eigenvalue weighted by molar-refractivity contribution is -0.143. The summed E-state index contributed by atoms with van der Waals surface area (Å²) in [5, 5.41) is 4.84. The van der Waals surface area contributed by atoms with Crippen molar-refractivity contribution in [1.82, 2.24) is 15.5 Å². The van der Waals surface area contributed by atoms with E-state index in [1.54, 1.807) is 6.92 Å². The molecular formula is C19H25N3O6. The molecule has 0 saturated carbocycles. The first-order valence-corrected chi connectivity index (χ1v) is 9.18. The Morgan fingerprint density at radius 2 is 1.82 bits per heavy atom. The molecule has 2 rings (SSSR count). The first-order chi connectivity index (χ1) is 13.5. The van der Waals surface area contributed by atoms with Gasteiger partial charge >= 0.3 is 12.1 Å². The van der Waals surface area contributed by atoms with E-state index in [-0.39, 0.29) is 26.3 Å². The van der Waals surface area contributed by atoms with Gasteiger partial charge in [0.15, 0.2) is 0 Å². The largest absolute Gasteiger partial charge is 0.465 e.